The van der Waals surface area contributed by atoms with Gasteiger partial charge in [0.15, 0.2) is 4.77 Å². The standard InChI is InChI=1S/C12H6ClF3N2O3S/c13-8-2-1-5(3-7(8)12(14,15)16)18-9(19)6(10(20)21)4-17-11(18)22/h1-4H,(H,17,22)(H,20,21). The molecule has 2 N–H and O–H groups in total. The van der Waals surface area contributed by atoms with Gasteiger partial charge in [-0.2, -0.15) is 13.2 Å². The lowest BCUT2D eigenvalue weighted by molar-refractivity contribution is -0.137. The van der Waals surface area contributed by atoms with E-state index >= 15 is 0 Å². The lowest BCUT2D eigenvalue weighted by Crippen LogP contribution is -2.26. The molecular formula is C12H6ClF3N2O3S. The summed E-state index contributed by atoms with van der Waals surface area (Å²) in [6.45, 7) is 0. The molecule has 1 aromatic heterocycles. The Morgan fingerprint density at radius 2 is 2.00 bits per heavy atom. The quantitative estimate of drug-likeness (QED) is 0.815. The number of H-pyrrole nitrogens is 1. The molecule has 0 saturated heterocycles. The fourth-order valence-electron chi connectivity index (χ4n) is 1.73. The second-order valence-electron chi connectivity index (χ2n) is 4.12. The molecule has 0 aliphatic heterocycles. The molecule has 0 fully saturated rings. The second-order valence-corrected chi connectivity index (χ2v) is 4.91. The van der Waals surface area contributed by atoms with Crippen LogP contribution in [0.3, 0.4) is 0 Å². The van der Waals surface area contributed by atoms with Gasteiger partial charge >= 0.3 is 12.1 Å². The fraction of sp³-hybridized carbons (Fsp3) is 0.0833. The summed E-state index contributed by atoms with van der Waals surface area (Å²) < 4.78 is 39.0. The van der Waals surface area contributed by atoms with Crippen molar-refractivity contribution in [3.05, 3.63) is 55.7 Å². The fourth-order valence-corrected chi connectivity index (χ4v) is 2.20. The van der Waals surface area contributed by atoms with Crippen molar-refractivity contribution < 1.29 is 23.1 Å². The number of halogens is 4. The van der Waals surface area contributed by atoms with Crippen molar-refractivity contribution in [3.63, 3.8) is 0 Å². The van der Waals surface area contributed by atoms with Gasteiger partial charge in [-0.3, -0.25) is 9.36 Å². The van der Waals surface area contributed by atoms with E-state index in [1.807, 2.05) is 0 Å². The highest BCUT2D eigenvalue weighted by atomic mass is 35.5. The van der Waals surface area contributed by atoms with Crippen molar-refractivity contribution in [1.82, 2.24) is 9.55 Å². The molecule has 0 amide bonds. The minimum Gasteiger partial charge on any atom is -0.477 e. The number of carbonyl (C=O) groups is 1. The van der Waals surface area contributed by atoms with Crippen LogP contribution in [0.1, 0.15) is 15.9 Å². The highest BCUT2D eigenvalue weighted by Crippen LogP contribution is 2.35. The smallest absolute Gasteiger partial charge is 0.417 e. The molecule has 116 valence electrons. The number of benzene rings is 1. The molecule has 0 atom stereocenters. The van der Waals surface area contributed by atoms with E-state index in [1.54, 1.807) is 0 Å². The number of aromatic amines is 1. The molecule has 2 rings (SSSR count). The first-order valence-corrected chi connectivity index (χ1v) is 6.36. The number of hydrogen-bond donors (Lipinski definition) is 2. The van der Waals surface area contributed by atoms with Crippen molar-refractivity contribution in [1.29, 1.82) is 0 Å². The molecule has 0 spiro atoms. The van der Waals surface area contributed by atoms with Gasteiger partial charge in [-0.25, -0.2) is 4.79 Å². The number of hydrogen-bond acceptors (Lipinski definition) is 3. The van der Waals surface area contributed by atoms with Gasteiger partial charge in [0, 0.05) is 6.20 Å². The normalized spacial score (nSPS) is 11.5. The largest absolute Gasteiger partial charge is 0.477 e. The summed E-state index contributed by atoms with van der Waals surface area (Å²) in [6.07, 6.45) is -3.85. The maximum absolute atomic E-state index is 12.9. The molecule has 0 aliphatic carbocycles. The van der Waals surface area contributed by atoms with E-state index < -0.39 is 33.9 Å². The molecule has 5 nitrogen and oxygen atoms in total. The van der Waals surface area contributed by atoms with E-state index in [4.69, 9.17) is 28.9 Å². The summed E-state index contributed by atoms with van der Waals surface area (Å²) >= 11 is 10.3. The molecule has 2 aromatic rings. The highest BCUT2D eigenvalue weighted by molar-refractivity contribution is 7.71. The van der Waals surface area contributed by atoms with Gasteiger partial charge in [0.2, 0.25) is 0 Å². The third-order valence-corrected chi connectivity index (χ3v) is 3.35. The lowest BCUT2D eigenvalue weighted by atomic mass is 10.2. The summed E-state index contributed by atoms with van der Waals surface area (Å²) in [5, 5.41) is 8.34. The molecule has 0 saturated carbocycles. The summed E-state index contributed by atoms with van der Waals surface area (Å²) in [7, 11) is 0. The third kappa shape index (κ3) is 2.90. The molecule has 0 aliphatic rings. The summed E-state index contributed by atoms with van der Waals surface area (Å²) in [6, 6.07) is 2.71. The SMILES string of the molecule is O=C(O)c1c[nH]c(=S)n(-c2ccc(Cl)c(C(F)(F)F)c2)c1=O. The van der Waals surface area contributed by atoms with Gasteiger partial charge in [0.1, 0.15) is 5.56 Å². The van der Waals surface area contributed by atoms with Crippen molar-refractivity contribution in [2.24, 2.45) is 0 Å². The van der Waals surface area contributed by atoms with Crippen LogP contribution < -0.4 is 5.56 Å². The zero-order valence-electron chi connectivity index (χ0n) is 10.4. The second kappa shape index (κ2) is 5.58. The monoisotopic (exact) mass is 350 g/mol. The van der Waals surface area contributed by atoms with Crippen LogP contribution in [0.4, 0.5) is 13.2 Å². The predicted molar refractivity (Wildman–Crippen MR) is 74.2 cm³/mol. The van der Waals surface area contributed by atoms with E-state index in [2.05, 4.69) is 4.98 Å². The zero-order chi connectivity index (χ0) is 16.7. The predicted octanol–water partition coefficient (Wildman–Crippen LogP) is 3.27. The number of rotatable bonds is 2. The summed E-state index contributed by atoms with van der Waals surface area (Å²) in [4.78, 5) is 25.3. The van der Waals surface area contributed by atoms with E-state index in [0.717, 1.165) is 18.3 Å². The summed E-state index contributed by atoms with van der Waals surface area (Å²) in [5.74, 6) is -1.53. The molecule has 10 heteroatoms. The molecule has 0 unspecified atom stereocenters. The first-order valence-electron chi connectivity index (χ1n) is 5.58. The molecule has 22 heavy (non-hydrogen) atoms. The number of nitrogens with one attached hydrogen (secondary N) is 1. The average Bonchev–Trinajstić information content (AvgIpc) is 2.38. The topological polar surface area (TPSA) is 75.1 Å². The molecule has 1 aromatic carbocycles. The maximum Gasteiger partial charge on any atom is 0.417 e. The Kier molecular flexibility index (Phi) is 4.12. The van der Waals surface area contributed by atoms with E-state index in [9.17, 15) is 22.8 Å². The third-order valence-electron chi connectivity index (χ3n) is 2.72. The van der Waals surface area contributed by atoms with E-state index in [1.165, 1.54) is 0 Å². The van der Waals surface area contributed by atoms with Crippen LogP contribution in [0.25, 0.3) is 5.69 Å². The number of carboxylic acid groups (broad SMARTS) is 1. The number of aromatic nitrogens is 2. The highest BCUT2D eigenvalue weighted by Gasteiger charge is 2.33. The van der Waals surface area contributed by atoms with Gasteiger partial charge in [-0.1, -0.05) is 11.6 Å². The number of alkyl halides is 3. The Balaban J connectivity index is 2.79. The maximum atomic E-state index is 12.9. The van der Waals surface area contributed by atoms with E-state index in [0.29, 0.717) is 10.6 Å². The van der Waals surface area contributed by atoms with Crippen LogP contribution >= 0.6 is 23.8 Å². The van der Waals surface area contributed by atoms with E-state index in [-0.39, 0.29) is 10.5 Å². The minimum absolute atomic E-state index is 0.244. The number of nitrogens with zero attached hydrogens (tertiary/aromatic N) is 1. The van der Waals surface area contributed by atoms with Gasteiger partial charge in [-0.15, -0.1) is 0 Å². The number of carboxylic acids is 1. The van der Waals surface area contributed by atoms with Crippen molar-refractivity contribution in [2.75, 3.05) is 0 Å². The Bertz CT molecular complexity index is 873. The van der Waals surface area contributed by atoms with Crippen LogP contribution in [-0.4, -0.2) is 20.6 Å². The lowest BCUT2D eigenvalue weighted by Gasteiger charge is -2.12. The molecule has 1 heterocycles. The number of aromatic carboxylic acids is 1. The van der Waals surface area contributed by atoms with Crippen LogP contribution in [0.5, 0.6) is 0 Å². The first-order chi connectivity index (χ1) is 10.1. The van der Waals surface area contributed by atoms with Crippen LogP contribution in [0.2, 0.25) is 5.02 Å². The molecular weight excluding hydrogens is 345 g/mol. The molecule has 0 radical (unpaired) electrons. The Morgan fingerprint density at radius 3 is 2.55 bits per heavy atom. The van der Waals surface area contributed by atoms with Crippen molar-refractivity contribution >= 4 is 29.8 Å². The van der Waals surface area contributed by atoms with Crippen LogP contribution in [0, 0.1) is 4.77 Å². The molecule has 0 bridgehead atoms. The van der Waals surface area contributed by atoms with Gasteiger partial charge in [0.25, 0.3) is 5.56 Å². The zero-order valence-corrected chi connectivity index (χ0v) is 12.0. The Morgan fingerprint density at radius 1 is 1.36 bits per heavy atom. The Hall–Kier alpha value is -2.13. The van der Waals surface area contributed by atoms with Crippen molar-refractivity contribution in [3.8, 4) is 5.69 Å². The van der Waals surface area contributed by atoms with Crippen LogP contribution in [0.15, 0.2) is 29.2 Å². The van der Waals surface area contributed by atoms with Crippen molar-refractivity contribution in [2.45, 2.75) is 6.18 Å². The minimum atomic E-state index is -4.73. The van der Waals surface area contributed by atoms with Gasteiger partial charge in [-0.05, 0) is 30.4 Å². The van der Waals surface area contributed by atoms with Crippen LogP contribution in [-0.2, 0) is 6.18 Å². The van der Waals surface area contributed by atoms with Gasteiger partial charge < -0.3 is 10.1 Å². The Labute approximate surface area is 130 Å². The average molecular weight is 351 g/mol. The van der Waals surface area contributed by atoms with Gasteiger partial charge in [0.05, 0.1) is 16.3 Å². The first kappa shape index (κ1) is 16.2. The summed E-state index contributed by atoms with van der Waals surface area (Å²) in [5.41, 5.74) is -3.11.